The molecule has 7 nitrogen and oxygen atoms in total. The molecule has 2 aromatic carbocycles. The summed E-state index contributed by atoms with van der Waals surface area (Å²) >= 11 is 0. The number of aryl methyl sites for hydroxylation is 1. The van der Waals surface area contributed by atoms with E-state index >= 15 is 0 Å². The molecule has 0 saturated heterocycles. The fraction of sp³-hybridized carbons (Fsp3) is 0.273. The zero-order valence-electron chi connectivity index (χ0n) is 16.9. The molecule has 0 aliphatic rings. The van der Waals surface area contributed by atoms with E-state index in [1.807, 2.05) is 53.1 Å². The van der Waals surface area contributed by atoms with Gasteiger partial charge in [-0.25, -0.2) is 9.78 Å². The van der Waals surface area contributed by atoms with Gasteiger partial charge in [0.1, 0.15) is 5.75 Å². The highest BCUT2D eigenvalue weighted by atomic mass is 16.5. The van der Waals surface area contributed by atoms with Gasteiger partial charge >= 0.3 is 6.03 Å². The summed E-state index contributed by atoms with van der Waals surface area (Å²) in [5.74, 6) is 1.21. The fourth-order valence-corrected chi connectivity index (χ4v) is 3.10. The molecule has 2 amide bonds. The highest BCUT2D eigenvalue weighted by Crippen LogP contribution is 2.26. The number of carbonyl (C=O) groups is 1. The summed E-state index contributed by atoms with van der Waals surface area (Å²) in [5, 5.41) is 5.76. The average Bonchev–Trinajstić information content (AvgIpc) is 3.14. The normalized spacial score (nSPS) is 10.6. The molecule has 0 radical (unpaired) electrons. The van der Waals surface area contributed by atoms with Gasteiger partial charge in [-0.3, -0.25) is 5.32 Å². The molecule has 0 saturated carbocycles. The maximum Gasteiger partial charge on any atom is 0.326 e. The summed E-state index contributed by atoms with van der Waals surface area (Å²) in [4.78, 5) is 17.0. The number of rotatable bonds is 8. The lowest BCUT2D eigenvalue weighted by molar-refractivity contribution is 0.188. The Hall–Kier alpha value is -3.32. The number of urea groups is 1. The van der Waals surface area contributed by atoms with Gasteiger partial charge in [-0.05, 0) is 30.2 Å². The molecule has 3 rings (SSSR count). The van der Waals surface area contributed by atoms with Crippen LogP contribution in [0.1, 0.15) is 12.5 Å². The molecule has 29 heavy (non-hydrogen) atoms. The molecular weight excluding hydrogens is 368 g/mol. The number of hydrogen-bond acceptors (Lipinski definition) is 4. The number of imidazole rings is 1. The van der Waals surface area contributed by atoms with Crippen molar-refractivity contribution in [3.63, 3.8) is 0 Å². The minimum Gasteiger partial charge on any atom is -0.497 e. The SMILES string of the molecule is CCc1ccccc1NC(=O)Nc1ncc(-c2cccc(OC)c2)n1CCOC. The lowest BCUT2D eigenvalue weighted by atomic mass is 10.1. The second-order valence-electron chi connectivity index (χ2n) is 6.43. The highest BCUT2D eigenvalue weighted by molar-refractivity contribution is 5.99. The number of nitrogens with one attached hydrogen (secondary N) is 2. The maximum absolute atomic E-state index is 12.6. The summed E-state index contributed by atoms with van der Waals surface area (Å²) in [5.41, 5.74) is 3.67. The number of benzene rings is 2. The third-order valence-electron chi connectivity index (χ3n) is 4.61. The molecular formula is C22H26N4O3. The van der Waals surface area contributed by atoms with Crippen LogP contribution in [0.2, 0.25) is 0 Å². The van der Waals surface area contributed by atoms with Crippen LogP contribution in [0.25, 0.3) is 11.3 Å². The molecule has 0 spiro atoms. The van der Waals surface area contributed by atoms with Crippen LogP contribution in [0.3, 0.4) is 0 Å². The Balaban J connectivity index is 1.84. The predicted octanol–water partition coefficient (Wildman–Crippen LogP) is 4.41. The van der Waals surface area contributed by atoms with Crippen molar-refractivity contribution in [2.45, 2.75) is 19.9 Å². The first-order chi connectivity index (χ1) is 14.2. The number of carbonyl (C=O) groups excluding carboxylic acids is 1. The van der Waals surface area contributed by atoms with Crippen LogP contribution in [-0.2, 0) is 17.7 Å². The second-order valence-corrected chi connectivity index (χ2v) is 6.43. The Kier molecular flexibility index (Phi) is 6.86. The van der Waals surface area contributed by atoms with Crippen molar-refractivity contribution in [1.82, 2.24) is 9.55 Å². The van der Waals surface area contributed by atoms with Crippen LogP contribution in [0.5, 0.6) is 5.75 Å². The van der Waals surface area contributed by atoms with E-state index in [-0.39, 0.29) is 6.03 Å². The quantitative estimate of drug-likeness (QED) is 0.593. The smallest absolute Gasteiger partial charge is 0.326 e. The van der Waals surface area contributed by atoms with Gasteiger partial charge in [0.2, 0.25) is 5.95 Å². The molecule has 1 heterocycles. The summed E-state index contributed by atoms with van der Waals surface area (Å²) < 4.78 is 12.5. The zero-order valence-corrected chi connectivity index (χ0v) is 16.9. The Morgan fingerprint density at radius 1 is 1.10 bits per heavy atom. The maximum atomic E-state index is 12.6. The molecule has 0 atom stereocenters. The van der Waals surface area contributed by atoms with Crippen LogP contribution in [0, 0.1) is 0 Å². The molecule has 0 aliphatic heterocycles. The van der Waals surface area contributed by atoms with Crippen molar-refractivity contribution in [3.05, 3.63) is 60.3 Å². The second kappa shape index (κ2) is 9.75. The first kappa shape index (κ1) is 20.4. The zero-order chi connectivity index (χ0) is 20.6. The molecule has 0 bridgehead atoms. The van der Waals surface area contributed by atoms with Crippen LogP contribution in [-0.4, -0.2) is 36.4 Å². The molecule has 3 aromatic rings. The molecule has 0 fully saturated rings. The first-order valence-corrected chi connectivity index (χ1v) is 9.51. The highest BCUT2D eigenvalue weighted by Gasteiger charge is 2.15. The van der Waals surface area contributed by atoms with Crippen molar-refractivity contribution in [2.24, 2.45) is 0 Å². The van der Waals surface area contributed by atoms with Gasteiger partial charge in [0.25, 0.3) is 0 Å². The largest absolute Gasteiger partial charge is 0.497 e. The van der Waals surface area contributed by atoms with E-state index in [0.717, 1.165) is 34.7 Å². The first-order valence-electron chi connectivity index (χ1n) is 9.51. The third-order valence-corrected chi connectivity index (χ3v) is 4.61. The van der Waals surface area contributed by atoms with Crippen molar-refractivity contribution in [3.8, 4) is 17.0 Å². The van der Waals surface area contributed by atoms with Gasteiger partial charge in [-0.15, -0.1) is 0 Å². The van der Waals surface area contributed by atoms with Gasteiger partial charge in [-0.1, -0.05) is 37.3 Å². The fourth-order valence-electron chi connectivity index (χ4n) is 3.10. The predicted molar refractivity (Wildman–Crippen MR) is 115 cm³/mol. The van der Waals surface area contributed by atoms with Gasteiger partial charge in [-0.2, -0.15) is 0 Å². The lowest BCUT2D eigenvalue weighted by Crippen LogP contribution is -2.23. The Morgan fingerprint density at radius 2 is 1.93 bits per heavy atom. The third kappa shape index (κ3) is 4.94. The molecule has 2 N–H and O–H groups in total. The topological polar surface area (TPSA) is 77.4 Å². The number of aromatic nitrogens is 2. The summed E-state index contributed by atoms with van der Waals surface area (Å²) in [7, 11) is 3.27. The number of nitrogens with zero attached hydrogens (tertiary/aromatic N) is 2. The standard InChI is InChI=1S/C22H26N4O3/c1-4-16-8-5-6-11-19(16)24-22(27)25-21-23-15-20(26(21)12-13-28-2)17-9-7-10-18(14-17)29-3/h5-11,14-15H,4,12-13H2,1-3H3,(H2,23,24,25,27). The number of para-hydroxylation sites is 1. The number of methoxy groups -OCH3 is 2. The molecule has 1 aromatic heterocycles. The Bertz CT molecular complexity index is 968. The number of anilines is 2. The molecule has 0 unspecified atom stereocenters. The number of amides is 2. The van der Waals surface area contributed by atoms with Crippen LogP contribution < -0.4 is 15.4 Å². The van der Waals surface area contributed by atoms with E-state index in [2.05, 4.69) is 22.5 Å². The summed E-state index contributed by atoms with van der Waals surface area (Å²) in [6, 6.07) is 15.1. The van der Waals surface area contributed by atoms with E-state index in [1.54, 1.807) is 20.4 Å². The summed E-state index contributed by atoms with van der Waals surface area (Å²) in [6.45, 7) is 3.09. The minimum absolute atomic E-state index is 0.340. The lowest BCUT2D eigenvalue weighted by Gasteiger charge is -2.14. The monoisotopic (exact) mass is 394 g/mol. The minimum atomic E-state index is -0.340. The van der Waals surface area contributed by atoms with Gasteiger partial charge in [0.15, 0.2) is 0 Å². The Labute approximate surface area is 170 Å². The van der Waals surface area contributed by atoms with Crippen molar-refractivity contribution in [1.29, 1.82) is 0 Å². The average molecular weight is 394 g/mol. The number of ether oxygens (including phenoxy) is 2. The van der Waals surface area contributed by atoms with Crippen molar-refractivity contribution < 1.29 is 14.3 Å². The van der Waals surface area contributed by atoms with Gasteiger partial charge in [0.05, 0.1) is 25.6 Å². The van der Waals surface area contributed by atoms with E-state index < -0.39 is 0 Å². The van der Waals surface area contributed by atoms with E-state index in [9.17, 15) is 4.79 Å². The van der Waals surface area contributed by atoms with E-state index in [1.165, 1.54) is 0 Å². The van der Waals surface area contributed by atoms with Crippen LogP contribution in [0.4, 0.5) is 16.4 Å². The van der Waals surface area contributed by atoms with Gasteiger partial charge < -0.3 is 19.4 Å². The van der Waals surface area contributed by atoms with Crippen molar-refractivity contribution in [2.75, 3.05) is 31.5 Å². The van der Waals surface area contributed by atoms with Crippen LogP contribution in [0.15, 0.2) is 54.7 Å². The molecule has 7 heteroatoms. The Morgan fingerprint density at radius 3 is 2.69 bits per heavy atom. The summed E-state index contributed by atoms with van der Waals surface area (Å²) in [6.07, 6.45) is 2.57. The molecule has 0 aliphatic carbocycles. The van der Waals surface area contributed by atoms with Crippen molar-refractivity contribution >= 4 is 17.7 Å². The van der Waals surface area contributed by atoms with E-state index in [4.69, 9.17) is 9.47 Å². The van der Waals surface area contributed by atoms with Gasteiger partial charge in [0, 0.05) is 24.9 Å². The van der Waals surface area contributed by atoms with Crippen LogP contribution >= 0.6 is 0 Å². The molecule has 152 valence electrons. The van der Waals surface area contributed by atoms with E-state index in [0.29, 0.717) is 19.1 Å². The number of hydrogen-bond donors (Lipinski definition) is 2.